The van der Waals surface area contributed by atoms with E-state index in [1.54, 1.807) is 36.8 Å². The lowest BCUT2D eigenvalue weighted by Gasteiger charge is -2.21. The van der Waals surface area contributed by atoms with E-state index in [0.29, 0.717) is 30.1 Å². The number of carbonyl (C=O) groups is 1. The third kappa shape index (κ3) is 5.62. The van der Waals surface area contributed by atoms with Gasteiger partial charge in [0, 0.05) is 17.1 Å². The normalized spacial score (nSPS) is 17.1. The van der Waals surface area contributed by atoms with E-state index in [-0.39, 0.29) is 11.7 Å². The van der Waals surface area contributed by atoms with E-state index in [2.05, 4.69) is 12.2 Å². The molecule has 0 unspecified atom stereocenters. The summed E-state index contributed by atoms with van der Waals surface area (Å²) in [4.78, 5) is 19.3. The summed E-state index contributed by atoms with van der Waals surface area (Å²) < 4.78 is 24.6. The van der Waals surface area contributed by atoms with Crippen LogP contribution in [0.1, 0.15) is 64.5 Å². The molecule has 2 aromatic carbocycles. The fourth-order valence-electron chi connectivity index (χ4n) is 4.56. The molecule has 0 radical (unpaired) electrons. The molecule has 1 fully saturated rings. The molecule has 188 valence electrons. The monoisotopic (exact) mass is 506 g/mol. The Bertz CT molecular complexity index is 1260. The Morgan fingerprint density at radius 1 is 1.17 bits per heavy atom. The van der Waals surface area contributed by atoms with Gasteiger partial charge in [0.1, 0.15) is 17.4 Å². The summed E-state index contributed by atoms with van der Waals surface area (Å²) in [6.45, 7) is 2.53. The van der Waals surface area contributed by atoms with Gasteiger partial charge in [0.05, 0.1) is 12.7 Å². The molecule has 1 saturated carbocycles. The predicted octanol–water partition coefficient (Wildman–Crippen LogP) is 6.63. The Labute approximate surface area is 215 Å². The van der Waals surface area contributed by atoms with E-state index in [9.17, 15) is 9.18 Å². The molecule has 2 aliphatic rings. The molecular weight excluding hydrogens is 475 g/mol. The minimum absolute atomic E-state index is 0.00940. The Balaban J connectivity index is 1.39. The van der Waals surface area contributed by atoms with Crippen molar-refractivity contribution in [3.63, 3.8) is 0 Å². The summed E-state index contributed by atoms with van der Waals surface area (Å²) >= 11 is 1.65. The van der Waals surface area contributed by atoms with Gasteiger partial charge in [-0.3, -0.25) is 4.79 Å². The second-order valence-electron chi connectivity index (χ2n) is 9.53. The third-order valence-corrected chi connectivity index (χ3v) is 8.05. The largest absolute Gasteiger partial charge is 0.493 e. The summed E-state index contributed by atoms with van der Waals surface area (Å²) in [7, 11) is 1.60. The summed E-state index contributed by atoms with van der Waals surface area (Å²) in [6, 6.07) is 12.2. The van der Waals surface area contributed by atoms with E-state index < -0.39 is 0 Å². The smallest absolute Gasteiger partial charge is 0.254 e. The maximum atomic E-state index is 13.2. The number of rotatable bonds is 9. The summed E-state index contributed by atoms with van der Waals surface area (Å²) in [6.07, 6.45) is 8.15. The lowest BCUT2D eigenvalue weighted by molar-refractivity contribution is 0.0951. The highest BCUT2D eigenvalue weighted by molar-refractivity contribution is 7.16. The van der Waals surface area contributed by atoms with Crippen molar-refractivity contribution in [3.05, 3.63) is 75.4 Å². The van der Waals surface area contributed by atoms with Crippen LogP contribution in [0.4, 0.5) is 9.39 Å². The number of thiophene rings is 1. The van der Waals surface area contributed by atoms with Gasteiger partial charge in [-0.1, -0.05) is 25.5 Å². The third-order valence-electron chi connectivity index (χ3n) is 6.89. The lowest BCUT2D eigenvalue weighted by Crippen LogP contribution is -2.26. The highest BCUT2D eigenvalue weighted by Crippen LogP contribution is 2.42. The standard InChI is InChI=1S/C29H31FN2O3S/c1-3-18-6-12-23-26(15-18)36-29(27(23)28(33)32-22-10-11-22)31-16-20-7-13-24(34-2)25(14-20)35-17-19-4-8-21(30)9-5-19/h4-5,7-9,13-14,16,18,22H,3,6,10-12,15,17H2,1-2H3,(H,32,33)/t18-/m1/s1. The second-order valence-corrected chi connectivity index (χ2v) is 10.6. The first kappa shape index (κ1) is 24.5. The average molecular weight is 507 g/mol. The topological polar surface area (TPSA) is 59.9 Å². The highest BCUT2D eigenvalue weighted by atomic mass is 32.1. The summed E-state index contributed by atoms with van der Waals surface area (Å²) in [5.74, 6) is 1.59. The van der Waals surface area contributed by atoms with Crippen molar-refractivity contribution in [1.82, 2.24) is 5.32 Å². The fraction of sp³-hybridized carbons (Fsp3) is 0.379. The van der Waals surface area contributed by atoms with Crippen molar-refractivity contribution in [2.45, 2.75) is 58.1 Å². The molecule has 0 saturated heterocycles. The van der Waals surface area contributed by atoms with Gasteiger partial charge in [0.2, 0.25) is 0 Å². The Hall–Kier alpha value is -3.19. The van der Waals surface area contributed by atoms with Crippen molar-refractivity contribution < 1.29 is 18.7 Å². The van der Waals surface area contributed by atoms with Crippen molar-refractivity contribution in [2.24, 2.45) is 10.9 Å². The van der Waals surface area contributed by atoms with Crippen LogP contribution in [0.3, 0.4) is 0 Å². The molecule has 5 nitrogen and oxygen atoms in total. The zero-order valence-corrected chi connectivity index (χ0v) is 21.5. The predicted molar refractivity (Wildman–Crippen MR) is 142 cm³/mol. The number of carbonyl (C=O) groups excluding carboxylic acids is 1. The molecule has 0 bridgehead atoms. The van der Waals surface area contributed by atoms with Crippen LogP contribution in [0.15, 0.2) is 47.5 Å². The molecule has 7 heteroatoms. The number of methoxy groups -OCH3 is 1. The van der Waals surface area contributed by atoms with Gasteiger partial charge in [-0.15, -0.1) is 11.3 Å². The summed E-state index contributed by atoms with van der Waals surface area (Å²) in [5, 5.41) is 3.94. The van der Waals surface area contributed by atoms with Gasteiger partial charge >= 0.3 is 0 Å². The molecule has 36 heavy (non-hydrogen) atoms. The van der Waals surface area contributed by atoms with Crippen molar-refractivity contribution in [3.8, 4) is 11.5 Å². The number of halogens is 1. The molecule has 0 aliphatic heterocycles. The molecule has 1 atom stereocenters. The molecule has 1 amide bonds. The Morgan fingerprint density at radius 2 is 1.97 bits per heavy atom. The number of benzene rings is 2. The first-order valence-corrected chi connectivity index (χ1v) is 13.4. The molecule has 1 aromatic heterocycles. The van der Waals surface area contributed by atoms with Gasteiger partial charge in [0.15, 0.2) is 11.5 Å². The van der Waals surface area contributed by atoms with Gasteiger partial charge in [0.25, 0.3) is 5.91 Å². The van der Waals surface area contributed by atoms with Crippen LogP contribution in [-0.2, 0) is 19.4 Å². The number of amides is 1. The number of ether oxygens (including phenoxy) is 2. The quantitative estimate of drug-likeness (QED) is 0.331. The van der Waals surface area contributed by atoms with Crippen LogP contribution in [0.25, 0.3) is 0 Å². The van der Waals surface area contributed by atoms with E-state index >= 15 is 0 Å². The lowest BCUT2D eigenvalue weighted by atomic mass is 9.85. The molecule has 0 spiro atoms. The van der Waals surface area contributed by atoms with Crippen molar-refractivity contribution >= 4 is 28.5 Å². The average Bonchev–Trinajstić information content (AvgIpc) is 3.63. The van der Waals surface area contributed by atoms with Crippen LogP contribution in [0.2, 0.25) is 0 Å². The van der Waals surface area contributed by atoms with Crippen LogP contribution >= 0.6 is 11.3 Å². The maximum absolute atomic E-state index is 13.2. The molecule has 3 aromatic rings. The van der Waals surface area contributed by atoms with Crippen LogP contribution < -0.4 is 14.8 Å². The molecule has 5 rings (SSSR count). The zero-order valence-electron chi connectivity index (χ0n) is 20.7. The first-order chi connectivity index (χ1) is 17.5. The Morgan fingerprint density at radius 3 is 2.69 bits per heavy atom. The van der Waals surface area contributed by atoms with Gasteiger partial charge in [-0.05, 0) is 85.0 Å². The van der Waals surface area contributed by atoms with Crippen molar-refractivity contribution in [1.29, 1.82) is 0 Å². The SMILES string of the molecule is CC[C@@H]1CCc2c(sc(N=Cc3ccc(OC)c(OCc4ccc(F)cc4)c3)c2C(=O)NC2CC2)C1. The number of hydrogen-bond acceptors (Lipinski definition) is 5. The highest BCUT2D eigenvalue weighted by Gasteiger charge is 2.31. The molecule has 1 N–H and O–H groups in total. The minimum atomic E-state index is -0.278. The van der Waals surface area contributed by atoms with Crippen LogP contribution in [0, 0.1) is 11.7 Å². The number of nitrogens with zero attached hydrogens (tertiary/aromatic N) is 1. The summed E-state index contributed by atoms with van der Waals surface area (Å²) in [5.41, 5.74) is 3.65. The Kier molecular flexibility index (Phi) is 7.37. The van der Waals surface area contributed by atoms with E-state index in [1.807, 2.05) is 18.2 Å². The van der Waals surface area contributed by atoms with Crippen LogP contribution in [0.5, 0.6) is 11.5 Å². The fourth-order valence-corrected chi connectivity index (χ4v) is 5.86. The van der Waals surface area contributed by atoms with Gasteiger partial charge in [-0.2, -0.15) is 0 Å². The number of aliphatic imine (C=N–C) groups is 1. The van der Waals surface area contributed by atoms with Gasteiger partial charge < -0.3 is 14.8 Å². The van der Waals surface area contributed by atoms with Crippen LogP contribution in [-0.4, -0.2) is 25.3 Å². The maximum Gasteiger partial charge on any atom is 0.254 e. The molecular formula is C29H31FN2O3S. The molecule has 2 aliphatic carbocycles. The second kappa shape index (κ2) is 10.8. The van der Waals surface area contributed by atoms with E-state index in [0.717, 1.165) is 60.2 Å². The number of hydrogen-bond donors (Lipinski definition) is 1. The van der Waals surface area contributed by atoms with E-state index in [1.165, 1.54) is 22.6 Å². The number of fused-ring (bicyclic) bond motifs is 1. The first-order valence-electron chi connectivity index (χ1n) is 12.6. The van der Waals surface area contributed by atoms with Crippen molar-refractivity contribution in [2.75, 3.05) is 7.11 Å². The number of nitrogens with one attached hydrogen (secondary N) is 1. The van der Waals surface area contributed by atoms with Gasteiger partial charge in [-0.25, -0.2) is 9.38 Å². The molecule has 1 heterocycles. The minimum Gasteiger partial charge on any atom is -0.493 e. The van der Waals surface area contributed by atoms with E-state index in [4.69, 9.17) is 14.5 Å². The zero-order chi connectivity index (χ0) is 25.1.